The van der Waals surface area contributed by atoms with Gasteiger partial charge in [-0.1, -0.05) is 13.0 Å². The van der Waals surface area contributed by atoms with E-state index in [1.807, 2.05) is 48.0 Å². The molecule has 150 valence electrons. The maximum Gasteiger partial charge on any atom is 0.409 e. The van der Waals surface area contributed by atoms with Crippen LogP contribution in [0.3, 0.4) is 0 Å². The number of aromatic nitrogens is 1. The minimum absolute atomic E-state index is 0. The van der Waals surface area contributed by atoms with Gasteiger partial charge >= 0.3 is 5.13 Å². The normalized spacial score (nSPS) is 11.6. The van der Waals surface area contributed by atoms with Crippen molar-refractivity contribution in [1.29, 1.82) is 0 Å². The molecule has 0 saturated carbocycles. The van der Waals surface area contributed by atoms with Crippen molar-refractivity contribution >= 4 is 38.1 Å². The van der Waals surface area contributed by atoms with E-state index in [4.69, 9.17) is 4.74 Å². The van der Waals surface area contributed by atoms with Crippen LogP contribution in [0.4, 0.5) is 16.5 Å². The number of aliphatic hydroxyl groups is 1. The first kappa shape index (κ1) is 22.1. The average Bonchev–Trinajstić information content (AvgIpc) is 2.94. The van der Waals surface area contributed by atoms with Crippen LogP contribution in [0.5, 0.6) is 5.75 Å². The first-order valence-corrected chi connectivity index (χ1v) is 9.64. The third-order valence-corrected chi connectivity index (χ3v) is 5.25. The van der Waals surface area contributed by atoms with Crippen molar-refractivity contribution in [2.75, 3.05) is 12.4 Å². The second kappa shape index (κ2) is 8.86. The van der Waals surface area contributed by atoms with Gasteiger partial charge in [0.15, 0.2) is 0 Å². The number of fused-ring (bicyclic) bond motifs is 1. The van der Waals surface area contributed by atoms with Gasteiger partial charge in [0.2, 0.25) is 0 Å². The molecule has 28 heavy (non-hydrogen) atoms. The fraction of sp³-hybridized carbons (Fsp3) is 0.350. The molecule has 0 saturated heterocycles. The lowest BCUT2D eigenvalue weighted by Gasteiger charge is -2.21. The quantitative estimate of drug-likeness (QED) is 0.363. The molecule has 2 aromatic carbocycles. The summed E-state index contributed by atoms with van der Waals surface area (Å²) in [5.74, 6) is 0.819. The molecule has 0 atom stereocenters. The number of methoxy groups -OCH3 is 1. The summed E-state index contributed by atoms with van der Waals surface area (Å²) in [5.41, 5.74) is 2.64. The van der Waals surface area contributed by atoms with Gasteiger partial charge in [-0.2, -0.15) is 0 Å². The lowest BCUT2D eigenvalue weighted by molar-refractivity contribution is -0.627. The number of nitrogens with one attached hydrogen (secondary N) is 1. The zero-order chi connectivity index (χ0) is 19.6. The predicted octanol–water partition coefficient (Wildman–Crippen LogP) is 1.86. The Kier molecular flexibility index (Phi) is 6.98. The van der Waals surface area contributed by atoms with E-state index in [1.165, 1.54) is 5.56 Å². The zero-order valence-electron chi connectivity index (χ0n) is 16.7. The monoisotopic (exact) mass is 420 g/mol. The highest BCUT2D eigenvalue weighted by atomic mass is 35.5. The summed E-state index contributed by atoms with van der Waals surface area (Å²) in [6.45, 7) is 5.49. The van der Waals surface area contributed by atoms with Crippen molar-refractivity contribution in [3.63, 3.8) is 0 Å². The van der Waals surface area contributed by atoms with Crippen molar-refractivity contribution in [3.05, 3.63) is 42.0 Å². The van der Waals surface area contributed by atoms with E-state index >= 15 is 0 Å². The van der Waals surface area contributed by atoms with E-state index < -0.39 is 5.72 Å². The molecular weight excluding hydrogens is 396 g/mol. The Bertz CT molecular complexity index is 996. The van der Waals surface area contributed by atoms with Crippen molar-refractivity contribution in [3.8, 4) is 5.75 Å². The van der Waals surface area contributed by atoms with Crippen molar-refractivity contribution < 1.29 is 26.8 Å². The van der Waals surface area contributed by atoms with Crippen LogP contribution in [-0.2, 0) is 13.5 Å². The number of aryl methyl sites for hydroxylation is 2. The molecule has 1 aromatic heterocycles. The topological polar surface area (TPSA) is 70.1 Å². The first-order valence-electron chi connectivity index (χ1n) is 8.82. The number of rotatable bonds is 6. The SMILES string of the molecule is CCc1ccc(N=Nc2sc3cc(OC)ccc3[n+]2C)c(NC(C)(C)O)c1.[Cl-]. The first-order chi connectivity index (χ1) is 12.8. The predicted molar refractivity (Wildman–Crippen MR) is 109 cm³/mol. The number of ether oxygens (including phenoxy) is 1. The molecule has 0 amide bonds. The summed E-state index contributed by atoms with van der Waals surface area (Å²) in [5, 5.41) is 22.9. The summed E-state index contributed by atoms with van der Waals surface area (Å²) in [4.78, 5) is 0. The lowest BCUT2D eigenvalue weighted by Crippen LogP contribution is -3.00. The third-order valence-electron chi connectivity index (χ3n) is 4.17. The molecule has 0 radical (unpaired) electrons. The molecule has 0 unspecified atom stereocenters. The van der Waals surface area contributed by atoms with E-state index in [0.717, 1.165) is 33.2 Å². The average molecular weight is 421 g/mol. The van der Waals surface area contributed by atoms with Crippen LogP contribution >= 0.6 is 11.3 Å². The Balaban J connectivity index is 0.00000280. The number of hydrogen-bond acceptors (Lipinski definition) is 6. The Morgan fingerprint density at radius 2 is 1.93 bits per heavy atom. The van der Waals surface area contributed by atoms with E-state index in [2.05, 4.69) is 22.5 Å². The molecule has 2 N–H and O–H groups in total. The highest BCUT2D eigenvalue weighted by Crippen LogP contribution is 2.33. The fourth-order valence-electron chi connectivity index (χ4n) is 2.75. The van der Waals surface area contributed by atoms with Crippen LogP contribution in [0.15, 0.2) is 46.6 Å². The minimum Gasteiger partial charge on any atom is -1.00 e. The number of thiazole rings is 1. The molecular formula is C20H25ClN4O2S. The van der Waals surface area contributed by atoms with Crippen LogP contribution in [-0.4, -0.2) is 17.9 Å². The summed E-state index contributed by atoms with van der Waals surface area (Å²) >= 11 is 1.55. The van der Waals surface area contributed by atoms with Crippen molar-refractivity contribution in [1.82, 2.24) is 0 Å². The molecule has 0 fully saturated rings. The fourth-order valence-corrected chi connectivity index (χ4v) is 3.75. The van der Waals surface area contributed by atoms with Crippen molar-refractivity contribution in [2.45, 2.75) is 32.9 Å². The van der Waals surface area contributed by atoms with E-state index in [9.17, 15) is 5.11 Å². The Labute approximate surface area is 175 Å². The van der Waals surface area contributed by atoms with Crippen LogP contribution in [0, 0.1) is 0 Å². The summed E-state index contributed by atoms with van der Waals surface area (Å²) < 4.78 is 8.39. The molecule has 3 aromatic rings. The standard InChI is InChI=1S/C20H24N4O2S.ClH/c1-6-13-7-9-15(16(11-13)21-20(2,3)25)22-23-19-24(4)17-10-8-14(26-5)12-18(17)27-19;/h7-12,25H,6H2,1-5H3;1H. The molecule has 3 rings (SSSR count). The maximum atomic E-state index is 10.1. The third kappa shape index (κ3) is 4.98. The van der Waals surface area contributed by atoms with Crippen LogP contribution < -0.4 is 27.0 Å². The van der Waals surface area contributed by atoms with Gasteiger partial charge in [-0.05, 0) is 66.5 Å². The highest BCUT2D eigenvalue weighted by molar-refractivity contribution is 7.21. The summed E-state index contributed by atoms with van der Waals surface area (Å²) in [7, 11) is 3.63. The minimum atomic E-state index is -1.05. The number of benzene rings is 2. The largest absolute Gasteiger partial charge is 1.00 e. The lowest BCUT2D eigenvalue weighted by atomic mass is 10.1. The number of nitrogens with zero attached hydrogens (tertiary/aromatic N) is 3. The summed E-state index contributed by atoms with van der Waals surface area (Å²) in [6.07, 6.45) is 0.908. The van der Waals surface area contributed by atoms with E-state index in [-0.39, 0.29) is 12.4 Å². The van der Waals surface area contributed by atoms with E-state index in [0.29, 0.717) is 5.69 Å². The zero-order valence-corrected chi connectivity index (χ0v) is 18.2. The van der Waals surface area contributed by atoms with E-state index in [1.54, 1.807) is 32.3 Å². The number of halogens is 1. The van der Waals surface area contributed by atoms with Gasteiger partial charge in [0.1, 0.15) is 22.7 Å². The maximum absolute atomic E-state index is 10.1. The second-order valence-corrected chi connectivity index (χ2v) is 7.88. The van der Waals surface area contributed by atoms with Gasteiger partial charge in [0.05, 0.1) is 29.7 Å². The van der Waals surface area contributed by atoms with Crippen LogP contribution in [0.25, 0.3) is 10.2 Å². The molecule has 0 bridgehead atoms. The molecule has 1 heterocycles. The Hall–Kier alpha value is -2.22. The van der Waals surface area contributed by atoms with Gasteiger partial charge < -0.3 is 27.6 Å². The van der Waals surface area contributed by atoms with Crippen LogP contribution in [0.1, 0.15) is 26.3 Å². The second-order valence-electron chi connectivity index (χ2n) is 6.87. The smallest absolute Gasteiger partial charge is 0.409 e. The number of anilines is 1. The molecule has 8 heteroatoms. The molecule has 6 nitrogen and oxygen atoms in total. The number of azo groups is 1. The van der Waals surface area contributed by atoms with Gasteiger partial charge in [-0.25, -0.2) is 4.57 Å². The Morgan fingerprint density at radius 1 is 1.18 bits per heavy atom. The van der Waals surface area contributed by atoms with Crippen LogP contribution in [0.2, 0.25) is 0 Å². The van der Waals surface area contributed by atoms with Gasteiger partial charge in [-0.15, -0.1) is 0 Å². The molecule has 0 aliphatic carbocycles. The van der Waals surface area contributed by atoms with Gasteiger partial charge in [0, 0.05) is 6.07 Å². The van der Waals surface area contributed by atoms with Crippen molar-refractivity contribution in [2.24, 2.45) is 17.3 Å². The highest BCUT2D eigenvalue weighted by Gasteiger charge is 2.18. The van der Waals surface area contributed by atoms with Gasteiger partial charge in [-0.3, -0.25) is 0 Å². The molecule has 0 aliphatic heterocycles. The molecule has 0 aliphatic rings. The number of hydrogen-bond donors (Lipinski definition) is 2. The Morgan fingerprint density at radius 3 is 2.57 bits per heavy atom. The van der Waals surface area contributed by atoms with Gasteiger partial charge in [0.25, 0.3) is 0 Å². The summed E-state index contributed by atoms with van der Waals surface area (Å²) in [6, 6.07) is 11.9. The molecule has 0 spiro atoms.